The molecule has 2 aromatic rings. The molecular formula is C13H18N2OS. The number of rotatable bonds is 7. The summed E-state index contributed by atoms with van der Waals surface area (Å²) < 4.78 is 5.34. The van der Waals surface area contributed by atoms with Gasteiger partial charge in [-0.15, -0.1) is 0 Å². The average Bonchev–Trinajstić information content (AvgIpc) is 2.82. The zero-order valence-electron chi connectivity index (χ0n) is 10.1. The zero-order valence-corrected chi connectivity index (χ0v) is 10.9. The third-order valence-corrected chi connectivity index (χ3v) is 3.39. The number of aromatic nitrogens is 1. The minimum absolute atomic E-state index is 0.893. The van der Waals surface area contributed by atoms with Crippen molar-refractivity contribution in [2.45, 2.75) is 19.3 Å². The Labute approximate surface area is 106 Å². The molecule has 0 atom stereocenters. The molecule has 0 aliphatic carbocycles. The maximum atomic E-state index is 5.34. The maximum absolute atomic E-state index is 5.34. The Balaban J connectivity index is 1.80. The largest absolute Gasteiger partial charge is 0.464 e. The van der Waals surface area contributed by atoms with Crippen LogP contribution in [-0.2, 0) is 0 Å². The molecule has 0 bridgehead atoms. The summed E-state index contributed by atoms with van der Waals surface area (Å²) in [5.74, 6) is 2.19. The van der Waals surface area contributed by atoms with E-state index in [1.54, 1.807) is 12.5 Å². The summed E-state index contributed by atoms with van der Waals surface area (Å²) in [6, 6.07) is 3.84. The van der Waals surface area contributed by atoms with Crippen molar-refractivity contribution in [3.63, 3.8) is 0 Å². The SMILES string of the molecule is CSCCCCCNc1nccc2occc12. The number of nitrogens with one attached hydrogen (secondary N) is 1. The van der Waals surface area contributed by atoms with E-state index in [9.17, 15) is 0 Å². The van der Waals surface area contributed by atoms with Crippen molar-refractivity contribution in [3.05, 3.63) is 24.6 Å². The first-order valence-electron chi connectivity index (χ1n) is 5.97. The molecule has 0 radical (unpaired) electrons. The van der Waals surface area contributed by atoms with E-state index in [4.69, 9.17) is 4.42 Å². The highest BCUT2D eigenvalue weighted by molar-refractivity contribution is 7.98. The second kappa shape index (κ2) is 6.55. The molecule has 0 unspecified atom stereocenters. The van der Waals surface area contributed by atoms with Crippen LogP contribution in [0.5, 0.6) is 0 Å². The molecule has 2 heterocycles. The van der Waals surface area contributed by atoms with Crippen molar-refractivity contribution >= 4 is 28.5 Å². The van der Waals surface area contributed by atoms with Gasteiger partial charge in [-0.05, 0) is 37.0 Å². The van der Waals surface area contributed by atoms with Gasteiger partial charge in [0.25, 0.3) is 0 Å². The Morgan fingerprint density at radius 1 is 1.29 bits per heavy atom. The Bertz CT molecular complexity index is 455. The first-order valence-corrected chi connectivity index (χ1v) is 7.36. The van der Waals surface area contributed by atoms with Gasteiger partial charge < -0.3 is 9.73 Å². The van der Waals surface area contributed by atoms with Crippen LogP contribution >= 0.6 is 11.8 Å². The number of hydrogen-bond acceptors (Lipinski definition) is 4. The number of thioether (sulfide) groups is 1. The normalized spacial score (nSPS) is 10.9. The quantitative estimate of drug-likeness (QED) is 0.759. The van der Waals surface area contributed by atoms with Crippen LogP contribution in [0.2, 0.25) is 0 Å². The molecule has 2 rings (SSSR count). The lowest BCUT2D eigenvalue weighted by Crippen LogP contribution is -2.03. The average molecular weight is 250 g/mol. The summed E-state index contributed by atoms with van der Waals surface area (Å²) >= 11 is 1.91. The molecule has 0 aliphatic rings. The summed E-state index contributed by atoms with van der Waals surface area (Å²) in [4.78, 5) is 4.34. The lowest BCUT2D eigenvalue weighted by Gasteiger charge is -2.05. The fraction of sp³-hybridized carbons (Fsp3) is 0.462. The van der Waals surface area contributed by atoms with Crippen molar-refractivity contribution in [2.75, 3.05) is 23.9 Å². The van der Waals surface area contributed by atoms with E-state index >= 15 is 0 Å². The van der Waals surface area contributed by atoms with Crippen LogP contribution in [0.4, 0.5) is 5.82 Å². The summed E-state index contributed by atoms with van der Waals surface area (Å²) in [5, 5.41) is 4.44. The van der Waals surface area contributed by atoms with Crippen LogP contribution in [0.15, 0.2) is 29.0 Å². The Morgan fingerprint density at radius 2 is 2.24 bits per heavy atom. The van der Waals surface area contributed by atoms with Gasteiger partial charge in [0.15, 0.2) is 0 Å². The molecule has 92 valence electrons. The molecular weight excluding hydrogens is 232 g/mol. The summed E-state index contributed by atoms with van der Waals surface area (Å²) in [7, 11) is 0. The molecule has 3 nitrogen and oxygen atoms in total. The van der Waals surface area contributed by atoms with Crippen LogP contribution in [0, 0.1) is 0 Å². The van der Waals surface area contributed by atoms with E-state index in [-0.39, 0.29) is 0 Å². The Morgan fingerprint density at radius 3 is 3.12 bits per heavy atom. The molecule has 0 aliphatic heterocycles. The first-order chi connectivity index (χ1) is 8.42. The Hall–Kier alpha value is -1.16. The van der Waals surface area contributed by atoms with Gasteiger partial charge in [-0.2, -0.15) is 11.8 Å². The number of nitrogens with zero attached hydrogens (tertiary/aromatic N) is 1. The lowest BCUT2D eigenvalue weighted by atomic mass is 10.2. The molecule has 1 N–H and O–H groups in total. The second-order valence-electron chi connectivity index (χ2n) is 3.97. The van der Waals surface area contributed by atoms with E-state index in [0.717, 1.165) is 23.3 Å². The highest BCUT2D eigenvalue weighted by Crippen LogP contribution is 2.21. The summed E-state index contributed by atoms with van der Waals surface area (Å²) in [6.07, 6.45) is 9.40. The van der Waals surface area contributed by atoms with Crippen LogP contribution in [-0.4, -0.2) is 23.5 Å². The summed E-state index contributed by atoms with van der Waals surface area (Å²) in [5.41, 5.74) is 0.893. The molecule has 2 aromatic heterocycles. The van der Waals surface area contributed by atoms with Crippen molar-refractivity contribution < 1.29 is 4.42 Å². The zero-order chi connectivity index (χ0) is 11.9. The van der Waals surface area contributed by atoms with Gasteiger partial charge in [-0.25, -0.2) is 4.98 Å². The van der Waals surface area contributed by atoms with E-state index < -0.39 is 0 Å². The van der Waals surface area contributed by atoms with Crippen LogP contribution in [0.3, 0.4) is 0 Å². The van der Waals surface area contributed by atoms with Crippen molar-refractivity contribution in [3.8, 4) is 0 Å². The number of fused-ring (bicyclic) bond motifs is 1. The predicted octanol–water partition coefficient (Wildman–Crippen LogP) is 3.77. The number of anilines is 1. The molecule has 0 amide bonds. The van der Waals surface area contributed by atoms with Gasteiger partial charge in [0.2, 0.25) is 0 Å². The minimum atomic E-state index is 0.893. The number of furan rings is 1. The third kappa shape index (κ3) is 3.40. The predicted molar refractivity (Wildman–Crippen MR) is 74.7 cm³/mol. The smallest absolute Gasteiger partial charge is 0.139 e. The monoisotopic (exact) mass is 250 g/mol. The molecule has 17 heavy (non-hydrogen) atoms. The topological polar surface area (TPSA) is 38.1 Å². The molecule has 0 saturated heterocycles. The highest BCUT2D eigenvalue weighted by atomic mass is 32.2. The number of hydrogen-bond donors (Lipinski definition) is 1. The van der Waals surface area contributed by atoms with Gasteiger partial charge in [0.05, 0.1) is 11.6 Å². The first kappa shape index (κ1) is 12.3. The lowest BCUT2D eigenvalue weighted by molar-refractivity contribution is 0.615. The standard InChI is InChI=1S/C13H18N2OS/c1-17-10-4-2-3-7-14-13-11-6-9-16-12(11)5-8-15-13/h5-6,8-9H,2-4,7,10H2,1H3,(H,14,15). The summed E-state index contributed by atoms with van der Waals surface area (Å²) in [6.45, 7) is 0.978. The van der Waals surface area contributed by atoms with Crippen molar-refractivity contribution in [1.82, 2.24) is 4.98 Å². The number of unbranched alkanes of at least 4 members (excludes halogenated alkanes) is 2. The van der Waals surface area contributed by atoms with Gasteiger partial charge in [-0.3, -0.25) is 0 Å². The highest BCUT2D eigenvalue weighted by Gasteiger charge is 2.03. The van der Waals surface area contributed by atoms with Crippen molar-refractivity contribution in [2.24, 2.45) is 0 Å². The molecule has 0 saturated carbocycles. The van der Waals surface area contributed by atoms with Crippen LogP contribution < -0.4 is 5.32 Å². The van der Waals surface area contributed by atoms with Crippen molar-refractivity contribution in [1.29, 1.82) is 0 Å². The van der Waals surface area contributed by atoms with Gasteiger partial charge >= 0.3 is 0 Å². The molecule has 0 fully saturated rings. The molecule has 4 heteroatoms. The fourth-order valence-corrected chi connectivity index (χ4v) is 2.28. The third-order valence-electron chi connectivity index (χ3n) is 2.70. The van der Waals surface area contributed by atoms with Crippen LogP contribution in [0.25, 0.3) is 11.0 Å². The maximum Gasteiger partial charge on any atom is 0.139 e. The van der Waals surface area contributed by atoms with Gasteiger partial charge in [-0.1, -0.05) is 6.42 Å². The van der Waals surface area contributed by atoms with Gasteiger partial charge in [0, 0.05) is 12.7 Å². The minimum Gasteiger partial charge on any atom is -0.464 e. The second-order valence-corrected chi connectivity index (χ2v) is 4.96. The van der Waals surface area contributed by atoms with E-state index in [1.807, 2.05) is 23.9 Å². The fourth-order valence-electron chi connectivity index (χ4n) is 1.79. The molecule has 0 aromatic carbocycles. The van der Waals surface area contributed by atoms with E-state index in [0.29, 0.717) is 0 Å². The molecule has 0 spiro atoms. The van der Waals surface area contributed by atoms with E-state index in [2.05, 4.69) is 16.6 Å². The van der Waals surface area contributed by atoms with Gasteiger partial charge in [0.1, 0.15) is 11.4 Å². The van der Waals surface area contributed by atoms with E-state index in [1.165, 1.54) is 25.0 Å². The Kier molecular flexibility index (Phi) is 4.74. The van der Waals surface area contributed by atoms with Crippen LogP contribution in [0.1, 0.15) is 19.3 Å². The number of pyridine rings is 1.